The van der Waals surface area contributed by atoms with Gasteiger partial charge >= 0.3 is 0 Å². The van der Waals surface area contributed by atoms with Crippen LogP contribution in [0.2, 0.25) is 0 Å². The predicted octanol–water partition coefficient (Wildman–Crippen LogP) is -0.200. The van der Waals surface area contributed by atoms with Gasteiger partial charge in [0, 0.05) is 12.2 Å². The van der Waals surface area contributed by atoms with E-state index in [9.17, 15) is 8.42 Å². The molecule has 0 aliphatic carbocycles. The quantitative estimate of drug-likeness (QED) is 0.644. The molecule has 1 rings (SSSR count). The number of aliphatic hydroxyl groups excluding tert-OH is 1. The molecule has 7 heteroatoms. The number of rotatable bonds is 4. The van der Waals surface area contributed by atoms with Crippen LogP contribution in [0.15, 0.2) is 23.1 Å². The van der Waals surface area contributed by atoms with Crippen LogP contribution in [-0.4, -0.2) is 26.2 Å². The van der Waals surface area contributed by atoms with Gasteiger partial charge in [-0.1, -0.05) is 0 Å². The van der Waals surface area contributed by atoms with Crippen molar-refractivity contribution in [1.29, 1.82) is 5.26 Å². The van der Waals surface area contributed by atoms with Crippen LogP contribution < -0.4 is 10.5 Å². The molecular weight excluding hydrogens is 242 g/mol. The Labute approximate surface area is 99.7 Å². The Kier molecular flexibility index (Phi) is 4.07. The summed E-state index contributed by atoms with van der Waals surface area (Å²) in [4.78, 5) is -0.0519. The van der Waals surface area contributed by atoms with Gasteiger partial charge in [-0.15, -0.1) is 0 Å². The van der Waals surface area contributed by atoms with E-state index in [4.69, 9.17) is 16.1 Å². The zero-order valence-electron chi connectivity index (χ0n) is 9.21. The van der Waals surface area contributed by atoms with Crippen LogP contribution in [0.1, 0.15) is 12.5 Å². The number of nitriles is 1. The molecule has 0 radical (unpaired) electrons. The van der Waals surface area contributed by atoms with Gasteiger partial charge in [0.05, 0.1) is 16.6 Å². The maximum absolute atomic E-state index is 11.7. The van der Waals surface area contributed by atoms with Crippen LogP contribution in [0.5, 0.6) is 0 Å². The average Bonchev–Trinajstić information content (AvgIpc) is 2.27. The number of hydrogen-bond acceptors (Lipinski definition) is 5. The first-order valence-corrected chi connectivity index (χ1v) is 6.32. The standard InChI is InChI=1S/C10H13N3O3S/c1-7(14)6-13-17(15,16)9-2-3-10(12)8(4-9)5-11/h2-4,7,13-14H,6,12H2,1H3. The number of nitrogens with one attached hydrogen (secondary N) is 1. The van der Waals surface area contributed by atoms with Crippen LogP contribution in [0.3, 0.4) is 0 Å². The summed E-state index contributed by atoms with van der Waals surface area (Å²) in [5, 5.41) is 17.7. The first-order valence-electron chi connectivity index (χ1n) is 4.84. The molecule has 0 fully saturated rings. The molecule has 0 bridgehead atoms. The topological polar surface area (TPSA) is 116 Å². The molecule has 0 amide bonds. The van der Waals surface area contributed by atoms with Crippen LogP contribution in [-0.2, 0) is 10.0 Å². The molecule has 1 aromatic rings. The van der Waals surface area contributed by atoms with Gasteiger partial charge in [-0.3, -0.25) is 0 Å². The first-order chi connectivity index (χ1) is 7.86. The van der Waals surface area contributed by atoms with Gasteiger partial charge in [0.1, 0.15) is 6.07 Å². The van der Waals surface area contributed by atoms with E-state index < -0.39 is 16.1 Å². The SMILES string of the molecule is CC(O)CNS(=O)(=O)c1ccc(N)c(C#N)c1. The van der Waals surface area contributed by atoms with E-state index in [1.54, 1.807) is 6.07 Å². The Hall–Kier alpha value is -1.62. The Morgan fingerprint density at radius 2 is 2.24 bits per heavy atom. The predicted molar refractivity (Wildman–Crippen MR) is 62.4 cm³/mol. The van der Waals surface area contributed by atoms with Crippen molar-refractivity contribution >= 4 is 15.7 Å². The summed E-state index contributed by atoms with van der Waals surface area (Å²) in [6.07, 6.45) is -0.783. The summed E-state index contributed by atoms with van der Waals surface area (Å²) in [5.41, 5.74) is 5.81. The van der Waals surface area contributed by atoms with Crippen molar-refractivity contribution in [1.82, 2.24) is 4.72 Å². The van der Waals surface area contributed by atoms with Gasteiger partial charge in [0.2, 0.25) is 10.0 Å². The minimum Gasteiger partial charge on any atom is -0.398 e. The second-order valence-corrected chi connectivity index (χ2v) is 5.33. The Morgan fingerprint density at radius 3 is 2.76 bits per heavy atom. The van der Waals surface area contributed by atoms with Crippen molar-refractivity contribution < 1.29 is 13.5 Å². The van der Waals surface area contributed by atoms with Gasteiger partial charge in [-0.25, -0.2) is 13.1 Å². The third-order valence-electron chi connectivity index (χ3n) is 2.02. The molecular formula is C10H13N3O3S. The normalized spacial score (nSPS) is 13.0. The van der Waals surface area contributed by atoms with Gasteiger partial charge in [-0.05, 0) is 25.1 Å². The summed E-state index contributed by atoms with van der Waals surface area (Å²) in [5.74, 6) is 0. The van der Waals surface area contributed by atoms with Crippen molar-refractivity contribution in [3.05, 3.63) is 23.8 Å². The molecule has 1 unspecified atom stereocenters. The van der Waals surface area contributed by atoms with E-state index >= 15 is 0 Å². The number of sulfonamides is 1. The molecule has 0 aromatic heterocycles. The number of hydrogen-bond donors (Lipinski definition) is 3. The van der Waals surface area contributed by atoms with Crippen molar-refractivity contribution in [3.8, 4) is 6.07 Å². The minimum absolute atomic E-state index is 0.0519. The first kappa shape index (κ1) is 13.4. The molecule has 92 valence electrons. The highest BCUT2D eigenvalue weighted by atomic mass is 32.2. The van der Waals surface area contributed by atoms with Crippen molar-refractivity contribution in [2.75, 3.05) is 12.3 Å². The molecule has 0 saturated carbocycles. The fraction of sp³-hybridized carbons (Fsp3) is 0.300. The van der Waals surface area contributed by atoms with Crippen molar-refractivity contribution in [3.63, 3.8) is 0 Å². The third kappa shape index (κ3) is 3.42. The van der Waals surface area contributed by atoms with E-state index in [0.717, 1.165) is 0 Å². The molecule has 0 aliphatic heterocycles. The monoisotopic (exact) mass is 255 g/mol. The van der Waals surface area contributed by atoms with E-state index in [-0.39, 0.29) is 22.7 Å². The maximum atomic E-state index is 11.7. The number of nitrogens with zero attached hydrogens (tertiary/aromatic N) is 1. The van der Waals surface area contributed by atoms with E-state index in [0.29, 0.717) is 0 Å². The van der Waals surface area contributed by atoms with Crippen LogP contribution in [0, 0.1) is 11.3 Å². The Bertz CT molecular complexity index is 546. The smallest absolute Gasteiger partial charge is 0.240 e. The summed E-state index contributed by atoms with van der Waals surface area (Å²) in [7, 11) is -3.72. The second-order valence-electron chi connectivity index (χ2n) is 3.56. The lowest BCUT2D eigenvalue weighted by Crippen LogP contribution is -2.30. The molecule has 4 N–H and O–H groups in total. The van der Waals surface area contributed by atoms with Crippen LogP contribution in [0.4, 0.5) is 5.69 Å². The van der Waals surface area contributed by atoms with Gasteiger partial charge in [0.25, 0.3) is 0 Å². The van der Waals surface area contributed by atoms with Gasteiger partial charge < -0.3 is 10.8 Å². The van der Waals surface area contributed by atoms with Crippen LogP contribution >= 0.6 is 0 Å². The molecule has 0 spiro atoms. The third-order valence-corrected chi connectivity index (χ3v) is 3.45. The highest BCUT2D eigenvalue weighted by Gasteiger charge is 2.15. The number of anilines is 1. The largest absolute Gasteiger partial charge is 0.398 e. The average molecular weight is 255 g/mol. The number of nitrogens with two attached hydrogens (primary N) is 1. The van der Waals surface area contributed by atoms with E-state index in [1.807, 2.05) is 0 Å². The van der Waals surface area contributed by atoms with Crippen molar-refractivity contribution in [2.24, 2.45) is 0 Å². The molecule has 6 nitrogen and oxygen atoms in total. The Balaban J connectivity index is 3.04. The zero-order valence-corrected chi connectivity index (χ0v) is 10.0. The number of aliphatic hydroxyl groups is 1. The summed E-state index contributed by atoms with van der Waals surface area (Å²) < 4.78 is 25.7. The summed E-state index contributed by atoms with van der Waals surface area (Å²) >= 11 is 0. The Morgan fingerprint density at radius 1 is 1.59 bits per heavy atom. The zero-order chi connectivity index (χ0) is 13.1. The van der Waals surface area contributed by atoms with E-state index in [2.05, 4.69) is 4.72 Å². The number of benzene rings is 1. The van der Waals surface area contributed by atoms with Crippen molar-refractivity contribution in [2.45, 2.75) is 17.9 Å². The molecule has 1 aromatic carbocycles. The molecule has 0 saturated heterocycles. The van der Waals surface area contributed by atoms with Gasteiger partial charge in [-0.2, -0.15) is 5.26 Å². The van der Waals surface area contributed by atoms with E-state index in [1.165, 1.54) is 25.1 Å². The van der Waals surface area contributed by atoms with Gasteiger partial charge in [0.15, 0.2) is 0 Å². The summed E-state index contributed by atoms with van der Waals surface area (Å²) in [6.45, 7) is 1.38. The molecule has 0 heterocycles. The lowest BCUT2D eigenvalue weighted by atomic mass is 10.2. The maximum Gasteiger partial charge on any atom is 0.240 e. The highest BCUT2D eigenvalue weighted by molar-refractivity contribution is 7.89. The highest BCUT2D eigenvalue weighted by Crippen LogP contribution is 2.16. The fourth-order valence-electron chi connectivity index (χ4n) is 1.11. The van der Waals surface area contributed by atoms with Crippen LogP contribution in [0.25, 0.3) is 0 Å². The lowest BCUT2D eigenvalue weighted by Gasteiger charge is -2.09. The second kappa shape index (κ2) is 5.14. The molecule has 17 heavy (non-hydrogen) atoms. The molecule has 0 aliphatic rings. The minimum atomic E-state index is -3.72. The fourth-order valence-corrected chi connectivity index (χ4v) is 2.26. The summed E-state index contributed by atoms with van der Waals surface area (Å²) in [6, 6.07) is 5.66. The number of nitrogen functional groups attached to an aromatic ring is 1. The lowest BCUT2D eigenvalue weighted by molar-refractivity contribution is 0.198. The molecule has 1 atom stereocenters.